The van der Waals surface area contributed by atoms with Crippen LogP contribution in [0.15, 0.2) is 41.0 Å². The molecule has 1 saturated heterocycles. The van der Waals surface area contributed by atoms with Gasteiger partial charge in [-0.1, -0.05) is 12.5 Å². The molecule has 0 radical (unpaired) electrons. The fraction of sp³-hybridized carbons (Fsp3) is 0.421. The van der Waals surface area contributed by atoms with E-state index in [2.05, 4.69) is 20.9 Å². The summed E-state index contributed by atoms with van der Waals surface area (Å²) < 4.78 is 2.52. The third-order valence-electron chi connectivity index (χ3n) is 4.99. The number of thiophene rings is 1. The lowest BCUT2D eigenvalue weighted by Gasteiger charge is -2.35. The summed E-state index contributed by atoms with van der Waals surface area (Å²) in [6.07, 6.45) is 9.15. The predicted molar refractivity (Wildman–Crippen MR) is 101 cm³/mol. The Morgan fingerprint density at radius 2 is 2.12 bits per heavy atom. The maximum absolute atomic E-state index is 12.9. The number of nitrogens with zero attached hydrogens (tertiary/aromatic N) is 4. The molecule has 1 aliphatic heterocycles. The fourth-order valence-electron chi connectivity index (χ4n) is 3.61. The van der Waals surface area contributed by atoms with Gasteiger partial charge in [-0.2, -0.15) is 0 Å². The van der Waals surface area contributed by atoms with Crippen LogP contribution in [0.25, 0.3) is 10.2 Å². The summed E-state index contributed by atoms with van der Waals surface area (Å²) in [6, 6.07) is 4.24. The second-order valence-electron chi connectivity index (χ2n) is 6.70. The molecule has 1 atom stereocenters. The third-order valence-corrected chi connectivity index (χ3v) is 6.07. The Morgan fingerprint density at radius 1 is 1.28 bits per heavy atom. The SMILES string of the molecule is Cc1csc2c(=O)n(C[C@H](c3cccnc3)N3CCCCC3)cnc12. The summed E-state index contributed by atoms with van der Waals surface area (Å²) in [7, 11) is 0. The van der Waals surface area contributed by atoms with E-state index in [0.29, 0.717) is 6.54 Å². The van der Waals surface area contributed by atoms with Gasteiger partial charge >= 0.3 is 0 Å². The number of piperidine rings is 1. The minimum atomic E-state index is 0.0639. The zero-order valence-electron chi connectivity index (χ0n) is 14.4. The quantitative estimate of drug-likeness (QED) is 0.721. The second kappa shape index (κ2) is 7.06. The summed E-state index contributed by atoms with van der Waals surface area (Å²) in [5.41, 5.74) is 3.14. The minimum absolute atomic E-state index is 0.0639. The summed E-state index contributed by atoms with van der Waals surface area (Å²) in [5, 5.41) is 2.01. The molecule has 0 aromatic carbocycles. The van der Waals surface area contributed by atoms with Crippen LogP contribution in [0, 0.1) is 6.92 Å². The van der Waals surface area contributed by atoms with Gasteiger partial charge in [-0.05, 0) is 55.4 Å². The average molecular weight is 354 g/mol. The van der Waals surface area contributed by atoms with Gasteiger partial charge in [0.05, 0.1) is 17.9 Å². The van der Waals surface area contributed by atoms with E-state index in [1.54, 1.807) is 17.1 Å². The highest BCUT2D eigenvalue weighted by Gasteiger charge is 2.24. The van der Waals surface area contributed by atoms with Crippen LogP contribution >= 0.6 is 11.3 Å². The fourth-order valence-corrected chi connectivity index (χ4v) is 4.56. The van der Waals surface area contributed by atoms with Gasteiger partial charge in [-0.15, -0.1) is 11.3 Å². The Bertz CT molecular complexity index is 912. The zero-order valence-corrected chi connectivity index (χ0v) is 15.2. The van der Waals surface area contributed by atoms with Crippen molar-refractivity contribution < 1.29 is 0 Å². The Balaban J connectivity index is 1.71. The lowest BCUT2D eigenvalue weighted by Crippen LogP contribution is -2.37. The van der Waals surface area contributed by atoms with Crippen molar-refractivity contribution in [1.82, 2.24) is 19.4 Å². The first-order chi connectivity index (χ1) is 12.2. The highest BCUT2D eigenvalue weighted by atomic mass is 32.1. The van der Waals surface area contributed by atoms with E-state index < -0.39 is 0 Å². The molecule has 0 bridgehead atoms. The summed E-state index contributed by atoms with van der Waals surface area (Å²) in [5.74, 6) is 0. The highest BCUT2D eigenvalue weighted by molar-refractivity contribution is 7.17. The van der Waals surface area contributed by atoms with Gasteiger partial charge in [-0.25, -0.2) is 4.98 Å². The molecule has 3 aromatic rings. The van der Waals surface area contributed by atoms with Crippen molar-refractivity contribution in [2.24, 2.45) is 0 Å². The molecule has 5 nitrogen and oxygen atoms in total. The summed E-state index contributed by atoms with van der Waals surface area (Å²) >= 11 is 1.49. The Labute approximate surface area is 151 Å². The van der Waals surface area contributed by atoms with Crippen molar-refractivity contribution in [1.29, 1.82) is 0 Å². The number of rotatable bonds is 4. The lowest BCUT2D eigenvalue weighted by atomic mass is 10.0. The zero-order chi connectivity index (χ0) is 17.2. The molecule has 25 heavy (non-hydrogen) atoms. The maximum Gasteiger partial charge on any atom is 0.271 e. The first kappa shape index (κ1) is 16.4. The minimum Gasteiger partial charge on any atom is -0.296 e. The van der Waals surface area contributed by atoms with Crippen LogP contribution in [0.2, 0.25) is 0 Å². The topological polar surface area (TPSA) is 51.0 Å². The van der Waals surface area contributed by atoms with E-state index in [4.69, 9.17) is 0 Å². The van der Waals surface area contributed by atoms with Crippen LogP contribution in [-0.2, 0) is 6.54 Å². The molecule has 3 aromatic heterocycles. The highest BCUT2D eigenvalue weighted by Crippen LogP contribution is 2.26. The standard InChI is InChI=1S/C19H22N4OS/c1-14-12-25-18-17(14)21-13-23(19(18)24)11-16(15-6-5-7-20-10-15)22-8-3-2-4-9-22/h5-7,10,12-13,16H,2-4,8-9,11H2,1H3/t16-/m1/s1. The number of hydrogen-bond donors (Lipinski definition) is 0. The van der Waals surface area contributed by atoms with E-state index in [1.165, 1.54) is 36.2 Å². The van der Waals surface area contributed by atoms with E-state index >= 15 is 0 Å². The van der Waals surface area contributed by atoms with Crippen molar-refractivity contribution in [3.05, 3.63) is 57.7 Å². The number of aryl methyl sites for hydroxylation is 1. The predicted octanol–water partition coefficient (Wildman–Crippen LogP) is 3.39. The summed E-state index contributed by atoms with van der Waals surface area (Å²) in [4.78, 5) is 24.2. The van der Waals surface area contributed by atoms with E-state index in [0.717, 1.165) is 28.9 Å². The van der Waals surface area contributed by atoms with Crippen LogP contribution in [0.4, 0.5) is 0 Å². The Morgan fingerprint density at radius 3 is 2.88 bits per heavy atom. The number of aromatic nitrogens is 3. The largest absolute Gasteiger partial charge is 0.296 e. The van der Waals surface area contributed by atoms with Gasteiger partial charge in [0.2, 0.25) is 0 Å². The molecule has 0 unspecified atom stereocenters. The van der Waals surface area contributed by atoms with Crippen molar-refractivity contribution in [3.63, 3.8) is 0 Å². The molecule has 0 amide bonds. The molecular formula is C19H22N4OS. The molecule has 1 fully saturated rings. The Kier molecular flexibility index (Phi) is 4.63. The van der Waals surface area contributed by atoms with Crippen LogP contribution in [-0.4, -0.2) is 32.5 Å². The molecular weight excluding hydrogens is 332 g/mol. The van der Waals surface area contributed by atoms with E-state index in [-0.39, 0.29) is 11.6 Å². The van der Waals surface area contributed by atoms with Crippen molar-refractivity contribution in [2.45, 2.75) is 38.8 Å². The van der Waals surface area contributed by atoms with Gasteiger partial charge in [0.25, 0.3) is 5.56 Å². The number of likely N-dealkylation sites (tertiary alicyclic amines) is 1. The average Bonchev–Trinajstić information content (AvgIpc) is 3.04. The molecule has 0 aliphatic carbocycles. The van der Waals surface area contributed by atoms with Crippen molar-refractivity contribution >= 4 is 21.6 Å². The van der Waals surface area contributed by atoms with Crippen LogP contribution in [0.1, 0.15) is 36.4 Å². The number of hydrogen-bond acceptors (Lipinski definition) is 5. The lowest BCUT2D eigenvalue weighted by molar-refractivity contribution is 0.147. The van der Waals surface area contributed by atoms with Gasteiger partial charge in [0.1, 0.15) is 4.70 Å². The van der Waals surface area contributed by atoms with Crippen LogP contribution in [0.5, 0.6) is 0 Å². The molecule has 6 heteroatoms. The third kappa shape index (κ3) is 3.24. The first-order valence-electron chi connectivity index (χ1n) is 8.81. The van der Waals surface area contributed by atoms with Crippen molar-refractivity contribution in [2.75, 3.05) is 13.1 Å². The molecule has 1 aliphatic rings. The normalized spacial score (nSPS) is 17.0. The van der Waals surface area contributed by atoms with E-state index in [9.17, 15) is 4.79 Å². The number of pyridine rings is 1. The molecule has 130 valence electrons. The second-order valence-corrected chi connectivity index (χ2v) is 7.58. The summed E-state index contributed by atoms with van der Waals surface area (Å²) in [6.45, 7) is 4.76. The van der Waals surface area contributed by atoms with Crippen LogP contribution < -0.4 is 5.56 Å². The van der Waals surface area contributed by atoms with Crippen LogP contribution in [0.3, 0.4) is 0 Å². The van der Waals surface area contributed by atoms with Gasteiger partial charge in [0, 0.05) is 18.9 Å². The number of fused-ring (bicyclic) bond motifs is 1. The monoisotopic (exact) mass is 354 g/mol. The van der Waals surface area contributed by atoms with Crippen molar-refractivity contribution in [3.8, 4) is 0 Å². The smallest absolute Gasteiger partial charge is 0.271 e. The molecule has 4 heterocycles. The Hall–Kier alpha value is -2.05. The molecule has 0 spiro atoms. The van der Waals surface area contributed by atoms with Gasteiger partial charge in [-0.3, -0.25) is 19.2 Å². The van der Waals surface area contributed by atoms with E-state index in [1.807, 2.05) is 24.6 Å². The molecule has 4 rings (SSSR count). The van der Waals surface area contributed by atoms with Gasteiger partial charge in [0.15, 0.2) is 0 Å². The first-order valence-corrected chi connectivity index (χ1v) is 9.69. The van der Waals surface area contributed by atoms with Gasteiger partial charge < -0.3 is 0 Å². The maximum atomic E-state index is 12.9. The molecule has 0 saturated carbocycles. The molecule has 0 N–H and O–H groups in total.